The van der Waals surface area contributed by atoms with Crippen LogP contribution in [0.1, 0.15) is 30.1 Å². The zero-order valence-electron chi connectivity index (χ0n) is 28.8. The monoisotopic (exact) mass is 701 g/mol. The number of carboxylic acids is 1. The van der Waals surface area contributed by atoms with Crippen LogP contribution in [0.3, 0.4) is 0 Å². The summed E-state index contributed by atoms with van der Waals surface area (Å²) in [5.41, 5.74) is -5.46. The maximum absolute atomic E-state index is 13.9. The molecule has 7 bridgehead atoms. The Morgan fingerprint density at radius 3 is 2.30 bits per heavy atom. The predicted octanol–water partition coefficient (Wildman–Crippen LogP) is 0.269. The van der Waals surface area contributed by atoms with Gasteiger partial charge in [-0.1, -0.05) is 25.1 Å². The van der Waals surface area contributed by atoms with Gasteiger partial charge in [0.15, 0.2) is 5.60 Å². The minimum atomic E-state index is -1.95. The van der Waals surface area contributed by atoms with Crippen molar-refractivity contribution in [2.75, 3.05) is 48.1 Å². The number of nitrogens with zero attached hydrogens (tertiary/aromatic N) is 1. The first-order valence-electron chi connectivity index (χ1n) is 17.2. The average Bonchev–Trinajstić information content (AvgIpc) is 3.47. The molecule has 50 heavy (non-hydrogen) atoms. The summed E-state index contributed by atoms with van der Waals surface area (Å²) in [7, 11) is 6.03. The van der Waals surface area contributed by atoms with Gasteiger partial charge >= 0.3 is 17.9 Å². The van der Waals surface area contributed by atoms with Crippen molar-refractivity contribution in [3.05, 3.63) is 48.0 Å². The molecule has 15 atom stereocenters. The zero-order valence-corrected chi connectivity index (χ0v) is 28.8. The van der Waals surface area contributed by atoms with E-state index in [1.807, 2.05) is 6.92 Å². The van der Waals surface area contributed by atoms with Crippen LogP contribution < -0.4 is 0 Å². The van der Waals surface area contributed by atoms with Gasteiger partial charge in [-0.2, -0.15) is 0 Å². The molecule has 14 nitrogen and oxygen atoms in total. The number of esters is 2. The normalized spacial score (nSPS) is 46.9. The SMILES string of the molecule is CCN1C[C@]2(COC)[C@H](O)C[C@H](OC)[C@]34C1[C@H]([C@H](OC)[C@H]23)[C@]1(OC(=O)/C=C/C(=O)O)[C@H]2[C@@H](OC(=O)c3ccccc3)[C@](O)(C[C@H]24)[C@@H](OC)[C@@H]1O. The van der Waals surface area contributed by atoms with E-state index in [0.717, 1.165) is 6.08 Å². The molecule has 1 unspecified atom stereocenters. The fourth-order valence-electron chi connectivity index (χ4n) is 12.4. The van der Waals surface area contributed by atoms with Gasteiger partial charge in [-0.05, 0) is 31.0 Å². The van der Waals surface area contributed by atoms with E-state index in [2.05, 4.69) is 4.90 Å². The largest absolute Gasteiger partial charge is 0.478 e. The fraction of sp³-hybridized carbons (Fsp3) is 0.694. The summed E-state index contributed by atoms with van der Waals surface area (Å²) in [4.78, 5) is 41.4. The summed E-state index contributed by atoms with van der Waals surface area (Å²) in [6.07, 6.45) is -5.05. The second-order valence-electron chi connectivity index (χ2n) is 14.9. The third kappa shape index (κ3) is 4.27. The number of hydrogen-bond donors (Lipinski definition) is 4. The molecule has 1 aliphatic heterocycles. The van der Waals surface area contributed by atoms with Gasteiger partial charge < -0.3 is 48.8 Å². The Labute approximate surface area is 290 Å². The number of carbonyl (C=O) groups excluding carboxylic acids is 2. The number of piperidine rings is 1. The Hall–Kier alpha value is -2.95. The Kier molecular flexibility index (Phi) is 8.74. The van der Waals surface area contributed by atoms with E-state index >= 15 is 0 Å². The number of fused-ring (bicyclic) bond motifs is 2. The maximum atomic E-state index is 13.9. The molecule has 1 aromatic rings. The number of ether oxygens (including phenoxy) is 6. The second-order valence-corrected chi connectivity index (χ2v) is 14.9. The van der Waals surface area contributed by atoms with Crippen molar-refractivity contribution in [3.63, 3.8) is 0 Å². The van der Waals surface area contributed by atoms with Crippen LogP contribution >= 0.6 is 0 Å². The van der Waals surface area contributed by atoms with E-state index in [0.29, 0.717) is 19.2 Å². The number of benzene rings is 1. The van der Waals surface area contributed by atoms with Crippen LogP contribution in [0.5, 0.6) is 0 Å². The lowest BCUT2D eigenvalue weighted by molar-refractivity contribution is -0.322. The van der Waals surface area contributed by atoms with Crippen LogP contribution in [0.15, 0.2) is 42.5 Å². The first-order valence-corrected chi connectivity index (χ1v) is 17.2. The summed E-state index contributed by atoms with van der Waals surface area (Å²) in [6.45, 7) is 3.06. The van der Waals surface area contributed by atoms with E-state index in [-0.39, 0.29) is 25.0 Å². The quantitative estimate of drug-likeness (QED) is 0.182. The first kappa shape index (κ1) is 35.5. The standard InChI is InChI=1S/C36H47NO13/c1-6-37-16-33(17-45-2)20(38)14-21(46-3)35-19-15-34(44)30(49-32(43)18-10-8-7-9-11-18)24(19)36(29(42)31(34)48-5,50-23(41)13-12-22(39)40)25(28(35)37)26(47-4)27(33)35/h7-13,19-21,24-31,38,42,44H,6,14-17H2,1-5H3,(H,39,40)/b13-12+/t19-,20-,21+,24-,25+,26+,27-,28?,29+,30-,31+,33+,34-,35+,36-/m1/s1. The van der Waals surface area contributed by atoms with E-state index in [9.17, 15) is 34.8 Å². The third-order valence-corrected chi connectivity index (χ3v) is 13.5. The Balaban J connectivity index is 1.53. The van der Waals surface area contributed by atoms with Crippen molar-refractivity contribution in [1.29, 1.82) is 0 Å². The molecule has 1 heterocycles. The van der Waals surface area contributed by atoms with Gasteiger partial charge in [-0.3, -0.25) is 4.90 Å². The van der Waals surface area contributed by atoms with Crippen LogP contribution in [0, 0.1) is 34.5 Å². The Bertz CT molecular complexity index is 1540. The number of aliphatic hydroxyl groups is 3. The number of methoxy groups -OCH3 is 4. The molecule has 6 fully saturated rings. The number of rotatable bonds is 11. The lowest BCUT2D eigenvalue weighted by Gasteiger charge is -2.70. The van der Waals surface area contributed by atoms with Crippen molar-refractivity contribution >= 4 is 17.9 Å². The highest BCUT2D eigenvalue weighted by atomic mass is 16.6. The Morgan fingerprint density at radius 1 is 0.980 bits per heavy atom. The average molecular weight is 702 g/mol. The molecule has 0 aromatic heterocycles. The molecular formula is C36H47NO13. The third-order valence-electron chi connectivity index (χ3n) is 13.5. The highest BCUT2D eigenvalue weighted by Gasteiger charge is 2.92. The predicted molar refractivity (Wildman–Crippen MR) is 172 cm³/mol. The molecule has 14 heteroatoms. The summed E-state index contributed by atoms with van der Waals surface area (Å²) >= 11 is 0. The van der Waals surface area contributed by atoms with Gasteiger partial charge in [0.2, 0.25) is 0 Å². The van der Waals surface area contributed by atoms with E-state index in [4.69, 9.17) is 28.4 Å². The van der Waals surface area contributed by atoms with Gasteiger partial charge in [0, 0.05) is 88.2 Å². The molecule has 7 rings (SSSR count). The number of aliphatic carboxylic acids is 1. The summed E-state index contributed by atoms with van der Waals surface area (Å²) in [6, 6.07) is 7.81. The molecule has 1 spiro atoms. The van der Waals surface area contributed by atoms with E-state index in [1.165, 1.54) is 7.11 Å². The van der Waals surface area contributed by atoms with Gasteiger partial charge in [-0.25, -0.2) is 14.4 Å². The topological polar surface area (TPSA) is 191 Å². The van der Waals surface area contributed by atoms with Crippen LogP contribution in [-0.4, -0.2) is 145 Å². The molecule has 6 aliphatic rings. The molecule has 1 saturated heterocycles. The zero-order chi connectivity index (χ0) is 36.0. The molecule has 0 radical (unpaired) electrons. The highest BCUT2D eigenvalue weighted by Crippen LogP contribution is 2.80. The van der Waals surface area contributed by atoms with E-state index < -0.39 is 106 Å². The first-order chi connectivity index (χ1) is 23.9. The van der Waals surface area contributed by atoms with Crippen molar-refractivity contribution in [2.24, 2.45) is 34.5 Å². The second kappa shape index (κ2) is 12.3. The van der Waals surface area contributed by atoms with Crippen LogP contribution in [-0.2, 0) is 38.0 Å². The van der Waals surface area contributed by atoms with Gasteiger partial charge in [0.05, 0.1) is 30.5 Å². The lowest BCUT2D eigenvalue weighted by Crippen LogP contribution is -2.81. The number of likely N-dealkylation sites (tertiary alicyclic amines) is 1. The number of carbonyl (C=O) groups is 3. The number of aliphatic hydroxyl groups excluding tert-OH is 2. The fourth-order valence-corrected chi connectivity index (χ4v) is 12.4. The number of carboxylic acid groups (broad SMARTS) is 1. The summed E-state index contributed by atoms with van der Waals surface area (Å²) in [5.74, 6) is -6.17. The van der Waals surface area contributed by atoms with Gasteiger partial charge in [-0.15, -0.1) is 0 Å². The van der Waals surface area contributed by atoms with Crippen molar-refractivity contribution < 1.29 is 63.2 Å². The van der Waals surface area contributed by atoms with Crippen molar-refractivity contribution in [3.8, 4) is 0 Å². The molecular weight excluding hydrogens is 654 g/mol. The smallest absolute Gasteiger partial charge is 0.338 e. The van der Waals surface area contributed by atoms with Gasteiger partial charge in [0.25, 0.3) is 0 Å². The van der Waals surface area contributed by atoms with Crippen LogP contribution in [0.25, 0.3) is 0 Å². The minimum Gasteiger partial charge on any atom is -0.478 e. The molecule has 5 saturated carbocycles. The highest BCUT2D eigenvalue weighted by molar-refractivity contribution is 5.91. The lowest BCUT2D eigenvalue weighted by atomic mass is 9.42. The minimum absolute atomic E-state index is 0.0308. The van der Waals surface area contributed by atoms with Crippen LogP contribution in [0.2, 0.25) is 0 Å². The molecule has 4 N–H and O–H groups in total. The molecule has 274 valence electrons. The summed E-state index contributed by atoms with van der Waals surface area (Å²) in [5, 5.41) is 46.9. The van der Waals surface area contributed by atoms with Crippen molar-refractivity contribution in [1.82, 2.24) is 4.90 Å². The van der Waals surface area contributed by atoms with Gasteiger partial charge in [0.1, 0.15) is 23.9 Å². The Morgan fingerprint density at radius 2 is 1.70 bits per heavy atom. The van der Waals surface area contributed by atoms with Crippen molar-refractivity contribution in [2.45, 2.75) is 73.6 Å². The molecule has 1 aromatic carbocycles. The number of hydrogen-bond acceptors (Lipinski definition) is 13. The molecule has 5 aliphatic carbocycles. The summed E-state index contributed by atoms with van der Waals surface area (Å²) < 4.78 is 37.3. The molecule has 0 amide bonds. The van der Waals surface area contributed by atoms with Crippen LogP contribution in [0.4, 0.5) is 0 Å². The maximum Gasteiger partial charge on any atom is 0.338 e. The van der Waals surface area contributed by atoms with E-state index in [1.54, 1.807) is 51.7 Å².